The van der Waals surface area contributed by atoms with E-state index in [1.807, 2.05) is 0 Å². The smallest absolute Gasteiger partial charge is 0.271 e. The molecule has 0 radical (unpaired) electrons. The molecule has 1 aromatic heterocycles. The molecule has 100 valence electrons. The lowest BCUT2D eigenvalue weighted by molar-refractivity contribution is 0.0940. The molecule has 0 saturated heterocycles. The lowest BCUT2D eigenvalue weighted by atomic mass is 9.99. The number of nitrogens with two attached hydrogens (primary N) is 1. The van der Waals surface area contributed by atoms with E-state index < -0.39 is 0 Å². The summed E-state index contributed by atoms with van der Waals surface area (Å²) in [4.78, 5) is 19.6. The molecule has 1 rings (SSSR count). The summed E-state index contributed by atoms with van der Waals surface area (Å²) in [6, 6.07) is 0. The predicted molar refractivity (Wildman–Crippen MR) is 72.1 cm³/mol. The van der Waals surface area contributed by atoms with Crippen molar-refractivity contribution in [2.75, 3.05) is 12.3 Å². The molecule has 0 aliphatic carbocycles. The molecule has 0 aliphatic rings. The van der Waals surface area contributed by atoms with Gasteiger partial charge in [0.2, 0.25) is 0 Å². The van der Waals surface area contributed by atoms with Crippen molar-refractivity contribution in [2.24, 2.45) is 5.92 Å². The Morgan fingerprint density at radius 1 is 1.44 bits per heavy atom. The molecule has 0 bridgehead atoms. The van der Waals surface area contributed by atoms with E-state index in [9.17, 15) is 4.79 Å². The largest absolute Gasteiger partial charge is 0.382 e. The maximum atomic E-state index is 11.8. The summed E-state index contributed by atoms with van der Waals surface area (Å²) in [6.07, 6.45) is 7.46. The van der Waals surface area contributed by atoms with E-state index in [4.69, 9.17) is 5.73 Å². The average Bonchev–Trinajstić information content (AvgIpc) is 2.38. The molecule has 1 unspecified atom stereocenters. The Kier molecular flexibility index (Phi) is 6.11. The molecule has 1 heterocycles. The summed E-state index contributed by atoms with van der Waals surface area (Å²) in [5.41, 5.74) is 5.77. The monoisotopic (exact) mass is 250 g/mol. The van der Waals surface area contributed by atoms with Crippen LogP contribution in [0.4, 0.5) is 5.82 Å². The van der Waals surface area contributed by atoms with Crippen molar-refractivity contribution in [3.05, 3.63) is 18.1 Å². The summed E-state index contributed by atoms with van der Waals surface area (Å²) in [7, 11) is 0. The summed E-state index contributed by atoms with van der Waals surface area (Å²) in [6.45, 7) is 5.01. The summed E-state index contributed by atoms with van der Waals surface area (Å²) in [5, 5.41) is 2.89. The fraction of sp³-hybridized carbons (Fsp3) is 0.615. The summed E-state index contributed by atoms with van der Waals surface area (Å²) < 4.78 is 0. The van der Waals surface area contributed by atoms with Crippen LogP contribution >= 0.6 is 0 Å². The molecule has 5 nitrogen and oxygen atoms in total. The Labute approximate surface area is 108 Å². The number of carbonyl (C=O) groups excluding carboxylic acids is 1. The number of hydrogen-bond acceptors (Lipinski definition) is 4. The van der Waals surface area contributed by atoms with Crippen LogP contribution in [0.15, 0.2) is 12.4 Å². The van der Waals surface area contributed by atoms with Gasteiger partial charge < -0.3 is 11.1 Å². The number of nitrogens with one attached hydrogen (secondary N) is 1. The Balaban J connectivity index is 2.44. The molecule has 5 heteroatoms. The zero-order valence-corrected chi connectivity index (χ0v) is 11.1. The average molecular weight is 250 g/mol. The minimum Gasteiger partial charge on any atom is -0.382 e. The molecule has 1 amide bonds. The number of nitrogen functional groups attached to an aromatic ring is 1. The molecule has 3 N–H and O–H groups in total. The highest BCUT2D eigenvalue weighted by Gasteiger charge is 2.11. The van der Waals surface area contributed by atoms with Gasteiger partial charge in [-0.2, -0.15) is 0 Å². The van der Waals surface area contributed by atoms with Gasteiger partial charge in [-0.1, -0.05) is 33.1 Å². The van der Waals surface area contributed by atoms with E-state index >= 15 is 0 Å². The third-order valence-corrected chi connectivity index (χ3v) is 2.98. The zero-order valence-electron chi connectivity index (χ0n) is 11.1. The van der Waals surface area contributed by atoms with Crippen LogP contribution in [0.3, 0.4) is 0 Å². The Morgan fingerprint density at radius 3 is 2.83 bits per heavy atom. The molecule has 1 aromatic rings. The molecular formula is C13H22N4O. The SMILES string of the molecule is CCCCC(CC)CNC(=O)c1cncc(N)n1. The van der Waals surface area contributed by atoms with Gasteiger partial charge in [-0.25, -0.2) is 4.98 Å². The van der Waals surface area contributed by atoms with Gasteiger partial charge in [0.15, 0.2) is 0 Å². The number of rotatable bonds is 7. The first-order valence-corrected chi connectivity index (χ1v) is 6.53. The van der Waals surface area contributed by atoms with Crippen LogP contribution in [0, 0.1) is 5.92 Å². The number of aromatic nitrogens is 2. The number of amides is 1. The van der Waals surface area contributed by atoms with E-state index in [1.165, 1.54) is 25.2 Å². The van der Waals surface area contributed by atoms with Crippen molar-refractivity contribution >= 4 is 11.7 Å². The van der Waals surface area contributed by atoms with Crippen LogP contribution in [-0.4, -0.2) is 22.4 Å². The van der Waals surface area contributed by atoms with Crippen LogP contribution in [0.25, 0.3) is 0 Å². The van der Waals surface area contributed by atoms with Gasteiger partial charge in [-0.15, -0.1) is 0 Å². The third kappa shape index (κ3) is 4.69. The van der Waals surface area contributed by atoms with Crippen LogP contribution in [0.5, 0.6) is 0 Å². The maximum absolute atomic E-state index is 11.8. The van der Waals surface area contributed by atoms with Crippen molar-refractivity contribution in [2.45, 2.75) is 39.5 Å². The Hall–Kier alpha value is -1.65. The second-order valence-corrected chi connectivity index (χ2v) is 4.46. The molecule has 0 aliphatic heterocycles. The standard InChI is InChI=1S/C13H22N4O/c1-3-5-6-10(4-2)7-16-13(18)11-8-15-9-12(14)17-11/h8-10H,3-7H2,1-2H3,(H2,14,17)(H,16,18). The lowest BCUT2D eigenvalue weighted by Crippen LogP contribution is -2.30. The summed E-state index contributed by atoms with van der Waals surface area (Å²) >= 11 is 0. The minimum absolute atomic E-state index is 0.204. The first kappa shape index (κ1) is 14.4. The Morgan fingerprint density at radius 2 is 2.22 bits per heavy atom. The fourth-order valence-corrected chi connectivity index (χ4v) is 1.76. The second-order valence-electron chi connectivity index (χ2n) is 4.46. The molecule has 0 spiro atoms. The highest BCUT2D eigenvalue weighted by Crippen LogP contribution is 2.11. The van der Waals surface area contributed by atoms with Crippen molar-refractivity contribution in [3.63, 3.8) is 0 Å². The van der Waals surface area contributed by atoms with Crippen molar-refractivity contribution in [1.82, 2.24) is 15.3 Å². The Bertz CT molecular complexity index is 381. The fourth-order valence-electron chi connectivity index (χ4n) is 1.76. The van der Waals surface area contributed by atoms with Crippen LogP contribution in [-0.2, 0) is 0 Å². The normalized spacial score (nSPS) is 12.1. The number of nitrogens with zero attached hydrogens (tertiary/aromatic N) is 2. The van der Waals surface area contributed by atoms with Gasteiger partial charge >= 0.3 is 0 Å². The van der Waals surface area contributed by atoms with Crippen LogP contribution in [0.1, 0.15) is 50.0 Å². The van der Waals surface area contributed by atoms with Crippen LogP contribution in [0.2, 0.25) is 0 Å². The zero-order chi connectivity index (χ0) is 13.4. The highest BCUT2D eigenvalue weighted by molar-refractivity contribution is 5.92. The van der Waals surface area contributed by atoms with E-state index in [0.717, 1.165) is 12.8 Å². The van der Waals surface area contributed by atoms with Crippen LogP contribution < -0.4 is 11.1 Å². The lowest BCUT2D eigenvalue weighted by Gasteiger charge is -2.14. The van der Waals surface area contributed by atoms with Gasteiger partial charge in [-0.05, 0) is 12.3 Å². The first-order chi connectivity index (χ1) is 8.67. The van der Waals surface area contributed by atoms with Gasteiger partial charge in [0, 0.05) is 6.54 Å². The van der Waals surface area contributed by atoms with E-state index in [0.29, 0.717) is 12.5 Å². The van der Waals surface area contributed by atoms with Gasteiger partial charge in [0.05, 0.1) is 12.4 Å². The van der Waals surface area contributed by atoms with Crippen molar-refractivity contribution in [3.8, 4) is 0 Å². The van der Waals surface area contributed by atoms with E-state index in [-0.39, 0.29) is 17.4 Å². The number of anilines is 1. The number of carbonyl (C=O) groups is 1. The quantitative estimate of drug-likeness (QED) is 0.775. The maximum Gasteiger partial charge on any atom is 0.271 e. The van der Waals surface area contributed by atoms with Crippen molar-refractivity contribution < 1.29 is 4.79 Å². The minimum atomic E-state index is -0.204. The molecule has 18 heavy (non-hydrogen) atoms. The number of hydrogen-bond donors (Lipinski definition) is 2. The van der Waals surface area contributed by atoms with E-state index in [2.05, 4.69) is 29.1 Å². The third-order valence-electron chi connectivity index (χ3n) is 2.98. The predicted octanol–water partition coefficient (Wildman–Crippen LogP) is 2.00. The first-order valence-electron chi connectivity index (χ1n) is 6.53. The topological polar surface area (TPSA) is 80.9 Å². The molecule has 0 aromatic carbocycles. The highest BCUT2D eigenvalue weighted by atomic mass is 16.1. The van der Waals surface area contributed by atoms with Crippen molar-refractivity contribution in [1.29, 1.82) is 0 Å². The molecule has 0 fully saturated rings. The second kappa shape index (κ2) is 7.63. The van der Waals surface area contributed by atoms with E-state index in [1.54, 1.807) is 0 Å². The number of unbranched alkanes of at least 4 members (excludes halogenated alkanes) is 1. The van der Waals surface area contributed by atoms with Gasteiger partial charge in [0.1, 0.15) is 11.5 Å². The van der Waals surface area contributed by atoms with Gasteiger partial charge in [0.25, 0.3) is 5.91 Å². The molecule has 0 saturated carbocycles. The summed E-state index contributed by atoms with van der Waals surface area (Å²) in [5.74, 6) is 0.591. The molecule has 1 atom stereocenters. The van der Waals surface area contributed by atoms with Gasteiger partial charge in [-0.3, -0.25) is 9.78 Å². The molecular weight excluding hydrogens is 228 g/mol.